The normalized spacial score (nSPS) is 12.0. The molecular formula is C10H10Cl2N2O3. The zero-order valence-electron chi connectivity index (χ0n) is 9.15. The van der Waals surface area contributed by atoms with Crippen LogP contribution in [0.1, 0.15) is 17.3 Å². The number of aromatic nitrogens is 1. The molecule has 1 rings (SSSR count). The average Bonchev–Trinajstić information content (AvgIpc) is 2.29. The number of carboxylic acids is 1. The van der Waals surface area contributed by atoms with Gasteiger partial charge in [0.05, 0.1) is 10.6 Å². The summed E-state index contributed by atoms with van der Waals surface area (Å²) in [5.74, 6) is -1.57. The molecule has 0 aromatic carbocycles. The minimum atomic E-state index is -1.09. The summed E-state index contributed by atoms with van der Waals surface area (Å²) in [5.41, 5.74) is 0.190. The Morgan fingerprint density at radius 2 is 2.06 bits per heavy atom. The van der Waals surface area contributed by atoms with Crippen LogP contribution in [0.5, 0.6) is 0 Å². The van der Waals surface area contributed by atoms with Crippen molar-refractivity contribution in [2.75, 3.05) is 7.05 Å². The van der Waals surface area contributed by atoms with Gasteiger partial charge in [-0.25, -0.2) is 9.78 Å². The second-order valence-corrected chi connectivity index (χ2v) is 4.19. The number of hydrogen-bond donors (Lipinski definition) is 1. The minimum absolute atomic E-state index is 0.0946. The van der Waals surface area contributed by atoms with Crippen molar-refractivity contribution >= 4 is 35.1 Å². The van der Waals surface area contributed by atoms with E-state index in [1.807, 2.05) is 0 Å². The Bertz CT molecular complexity index is 465. The lowest BCUT2D eigenvalue weighted by Crippen LogP contribution is -2.40. The highest BCUT2D eigenvalue weighted by Gasteiger charge is 2.23. The second kappa shape index (κ2) is 5.33. The van der Waals surface area contributed by atoms with E-state index in [1.165, 1.54) is 26.2 Å². The number of carbonyl (C=O) groups is 2. The summed E-state index contributed by atoms with van der Waals surface area (Å²) in [7, 11) is 1.39. The largest absolute Gasteiger partial charge is 0.480 e. The van der Waals surface area contributed by atoms with Gasteiger partial charge in [-0.1, -0.05) is 23.2 Å². The van der Waals surface area contributed by atoms with E-state index in [2.05, 4.69) is 4.98 Å². The van der Waals surface area contributed by atoms with E-state index in [4.69, 9.17) is 28.3 Å². The van der Waals surface area contributed by atoms with Crippen molar-refractivity contribution in [3.63, 3.8) is 0 Å². The first kappa shape index (κ1) is 13.7. The standard InChI is InChI=1S/C10H10Cl2N2O3/c1-5(10(16)17)14(2)9(15)6-3-7(11)8(12)13-4-6/h3-5H,1-2H3,(H,16,17). The van der Waals surface area contributed by atoms with Gasteiger partial charge in [0.25, 0.3) is 5.91 Å². The number of likely N-dealkylation sites (N-methyl/N-ethyl adjacent to an activating group) is 1. The van der Waals surface area contributed by atoms with Crippen LogP contribution in [0.4, 0.5) is 0 Å². The third-order valence-corrected chi connectivity index (χ3v) is 2.99. The van der Waals surface area contributed by atoms with Crippen LogP contribution in [0.15, 0.2) is 12.3 Å². The molecule has 0 aliphatic rings. The smallest absolute Gasteiger partial charge is 0.326 e. The molecule has 0 spiro atoms. The topological polar surface area (TPSA) is 70.5 Å². The number of amides is 1. The first-order valence-electron chi connectivity index (χ1n) is 4.65. The van der Waals surface area contributed by atoms with Gasteiger partial charge in [0.1, 0.15) is 11.2 Å². The van der Waals surface area contributed by atoms with Crippen LogP contribution in [0.3, 0.4) is 0 Å². The van der Waals surface area contributed by atoms with Gasteiger partial charge in [0.2, 0.25) is 0 Å². The highest BCUT2D eigenvalue weighted by atomic mass is 35.5. The van der Waals surface area contributed by atoms with Gasteiger partial charge in [-0.15, -0.1) is 0 Å². The third-order valence-electron chi connectivity index (χ3n) is 2.30. The Labute approximate surface area is 108 Å². The van der Waals surface area contributed by atoms with Crippen molar-refractivity contribution in [3.05, 3.63) is 28.0 Å². The molecule has 0 aliphatic heterocycles. The van der Waals surface area contributed by atoms with Crippen molar-refractivity contribution < 1.29 is 14.7 Å². The summed E-state index contributed by atoms with van der Waals surface area (Å²) in [6.45, 7) is 1.41. The van der Waals surface area contributed by atoms with Crippen molar-refractivity contribution in [2.45, 2.75) is 13.0 Å². The molecular weight excluding hydrogens is 267 g/mol. The van der Waals surface area contributed by atoms with E-state index < -0.39 is 17.9 Å². The molecule has 1 heterocycles. The highest BCUT2D eigenvalue weighted by molar-refractivity contribution is 6.41. The summed E-state index contributed by atoms with van der Waals surface area (Å²) in [6.07, 6.45) is 1.25. The molecule has 0 aliphatic carbocycles. The minimum Gasteiger partial charge on any atom is -0.480 e. The van der Waals surface area contributed by atoms with Crippen LogP contribution in [0.25, 0.3) is 0 Å². The van der Waals surface area contributed by atoms with Gasteiger partial charge in [0, 0.05) is 13.2 Å². The predicted octanol–water partition coefficient (Wildman–Crippen LogP) is 1.93. The molecule has 0 saturated carbocycles. The summed E-state index contributed by atoms with van der Waals surface area (Å²) in [5, 5.41) is 9.03. The molecule has 1 atom stereocenters. The molecule has 1 aromatic rings. The number of nitrogens with zero attached hydrogens (tertiary/aromatic N) is 2. The second-order valence-electron chi connectivity index (χ2n) is 3.43. The SMILES string of the molecule is CC(C(=O)O)N(C)C(=O)c1cnc(Cl)c(Cl)c1. The van der Waals surface area contributed by atoms with Gasteiger partial charge >= 0.3 is 5.97 Å². The monoisotopic (exact) mass is 276 g/mol. The Morgan fingerprint density at radius 1 is 1.47 bits per heavy atom. The summed E-state index contributed by atoms with van der Waals surface area (Å²) in [4.78, 5) is 27.4. The fourth-order valence-electron chi connectivity index (χ4n) is 1.08. The Balaban J connectivity index is 2.96. The fraction of sp³-hybridized carbons (Fsp3) is 0.300. The van der Waals surface area contributed by atoms with Crippen LogP contribution in [0, 0.1) is 0 Å². The van der Waals surface area contributed by atoms with Crippen LogP contribution in [-0.2, 0) is 4.79 Å². The molecule has 92 valence electrons. The number of halogens is 2. The third kappa shape index (κ3) is 3.08. The van der Waals surface area contributed by atoms with Crippen molar-refractivity contribution in [2.24, 2.45) is 0 Å². The molecule has 1 unspecified atom stereocenters. The number of rotatable bonds is 3. The van der Waals surface area contributed by atoms with Gasteiger partial charge in [-0.2, -0.15) is 0 Å². The number of hydrogen-bond acceptors (Lipinski definition) is 3. The quantitative estimate of drug-likeness (QED) is 0.857. The van der Waals surface area contributed by atoms with Crippen molar-refractivity contribution in [3.8, 4) is 0 Å². The van der Waals surface area contributed by atoms with Crippen LogP contribution < -0.4 is 0 Å². The predicted molar refractivity (Wildman–Crippen MR) is 63.4 cm³/mol. The number of aliphatic carboxylic acids is 1. The Hall–Kier alpha value is -1.33. The molecule has 1 aromatic heterocycles. The Morgan fingerprint density at radius 3 is 2.53 bits per heavy atom. The fourth-order valence-corrected chi connectivity index (χ4v) is 1.35. The van der Waals surface area contributed by atoms with Gasteiger partial charge in [0.15, 0.2) is 0 Å². The average molecular weight is 277 g/mol. The molecule has 0 saturated heterocycles. The highest BCUT2D eigenvalue weighted by Crippen LogP contribution is 2.20. The molecule has 7 heteroatoms. The van der Waals surface area contributed by atoms with Gasteiger partial charge in [-0.3, -0.25) is 4.79 Å². The van der Waals surface area contributed by atoms with E-state index >= 15 is 0 Å². The van der Waals surface area contributed by atoms with Crippen molar-refractivity contribution in [1.29, 1.82) is 0 Å². The lowest BCUT2D eigenvalue weighted by atomic mass is 10.2. The number of carbonyl (C=O) groups excluding carboxylic acids is 1. The van der Waals surface area contributed by atoms with Crippen LogP contribution in [-0.4, -0.2) is 40.0 Å². The summed E-state index contributed by atoms with van der Waals surface area (Å²) in [6, 6.07) is 0.418. The lowest BCUT2D eigenvalue weighted by molar-refractivity contribution is -0.141. The van der Waals surface area contributed by atoms with E-state index in [0.717, 1.165) is 4.90 Å². The van der Waals surface area contributed by atoms with Crippen molar-refractivity contribution in [1.82, 2.24) is 9.88 Å². The number of carboxylic acid groups (broad SMARTS) is 1. The first-order chi connectivity index (χ1) is 7.84. The zero-order valence-corrected chi connectivity index (χ0v) is 10.7. The maximum Gasteiger partial charge on any atom is 0.326 e. The first-order valence-corrected chi connectivity index (χ1v) is 5.41. The van der Waals surface area contributed by atoms with E-state index in [9.17, 15) is 9.59 Å². The summed E-state index contributed by atoms with van der Waals surface area (Å²) >= 11 is 11.3. The zero-order chi connectivity index (χ0) is 13.2. The number of pyridine rings is 1. The Kier molecular flexibility index (Phi) is 4.31. The molecule has 0 fully saturated rings. The molecule has 0 radical (unpaired) electrons. The van der Waals surface area contributed by atoms with Crippen LogP contribution >= 0.6 is 23.2 Å². The molecule has 1 N–H and O–H groups in total. The maximum absolute atomic E-state index is 11.9. The summed E-state index contributed by atoms with van der Waals surface area (Å²) < 4.78 is 0. The lowest BCUT2D eigenvalue weighted by Gasteiger charge is -2.21. The molecule has 1 amide bonds. The van der Waals surface area contributed by atoms with E-state index in [1.54, 1.807) is 0 Å². The van der Waals surface area contributed by atoms with Gasteiger partial charge < -0.3 is 10.0 Å². The molecule has 17 heavy (non-hydrogen) atoms. The van der Waals surface area contributed by atoms with Crippen LogP contribution in [0.2, 0.25) is 10.2 Å². The van der Waals surface area contributed by atoms with E-state index in [0.29, 0.717) is 0 Å². The van der Waals surface area contributed by atoms with E-state index in [-0.39, 0.29) is 15.7 Å². The van der Waals surface area contributed by atoms with Gasteiger partial charge in [-0.05, 0) is 13.0 Å². The maximum atomic E-state index is 11.9. The molecule has 0 bridgehead atoms. The molecule has 5 nitrogen and oxygen atoms in total.